The lowest BCUT2D eigenvalue weighted by Crippen LogP contribution is -2.00. The Morgan fingerprint density at radius 2 is 1.87 bits per heavy atom. The van der Waals surface area contributed by atoms with Crippen molar-refractivity contribution < 1.29 is 0 Å². The molecule has 2 rings (SSSR count). The van der Waals surface area contributed by atoms with E-state index < -0.39 is 0 Å². The zero-order valence-corrected chi connectivity index (χ0v) is 9.73. The van der Waals surface area contributed by atoms with Crippen LogP contribution in [-0.2, 0) is 0 Å². The molecule has 2 heterocycles. The average molecular weight is 203 g/mol. The Labute approximate surface area is 90.2 Å². The van der Waals surface area contributed by atoms with Crippen LogP contribution >= 0.6 is 0 Å². The normalized spacial score (nSPS) is 11.9. The molecule has 0 amide bonds. The van der Waals surface area contributed by atoms with Crippen molar-refractivity contribution in [3.8, 4) is 0 Å². The van der Waals surface area contributed by atoms with Crippen LogP contribution in [0.15, 0.2) is 18.5 Å². The van der Waals surface area contributed by atoms with E-state index in [-0.39, 0.29) is 0 Å². The molecule has 2 aromatic rings. The van der Waals surface area contributed by atoms with Crippen LogP contribution in [0.4, 0.5) is 0 Å². The first-order valence-electron chi connectivity index (χ1n) is 5.44. The van der Waals surface area contributed by atoms with Crippen LogP contribution in [0.5, 0.6) is 0 Å². The Kier molecular flexibility index (Phi) is 2.47. The lowest BCUT2D eigenvalue weighted by molar-refractivity contribution is 0.745. The first-order chi connectivity index (χ1) is 7.11. The fourth-order valence-electron chi connectivity index (χ4n) is 1.92. The molecule has 0 aromatic carbocycles. The highest BCUT2D eigenvalue weighted by Gasteiger charge is 2.17. The average Bonchev–Trinajstić information content (AvgIpc) is 2.56. The highest BCUT2D eigenvalue weighted by molar-refractivity contribution is 5.38. The van der Waals surface area contributed by atoms with E-state index in [1.807, 2.05) is 12.3 Å². The monoisotopic (exact) mass is 203 g/mol. The molecule has 0 unspecified atom stereocenters. The zero-order chi connectivity index (χ0) is 11.0. The van der Waals surface area contributed by atoms with Gasteiger partial charge in [-0.25, -0.2) is 9.97 Å². The fraction of sp³-hybridized carbons (Fsp3) is 0.500. The van der Waals surface area contributed by atoms with E-state index in [0.717, 1.165) is 5.78 Å². The number of rotatable bonds is 2. The van der Waals surface area contributed by atoms with Gasteiger partial charge in [-0.15, -0.1) is 0 Å². The van der Waals surface area contributed by atoms with E-state index in [0.29, 0.717) is 11.8 Å². The van der Waals surface area contributed by atoms with Crippen LogP contribution in [0.2, 0.25) is 0 Å². The van der Waals surface area contributed by atoms with Gasteiger partial charge in [0.05, 0.1) is 11.4 Å². The maximum Gasteiger partial charge on any atom is 0.234 e. The predicted molar refractivity (Wildman–Crippen MR) is 61.2 cm³/mol. The van der Waals surface area contributed by atoms with Crippen molar-refractivity contribution in [3.05, 3.63) is 29.8 Å². The highest BCUT2D eigenvalue weighted by atomic mass is 15.1. The predicted octanol–water partition coefficient (Wildman–Crippen LogP) is 2.98. The zero-order valence-electron chi connectivity index (χ0n) is 9.73. The molecule has 0 spiro atoms. The molecule has 0 aliphatic heterocycles. The third-order valence-corrected chi connectivity index (χ3v) is 2.56. The topological polar surface area (TPSA) is 30.2 Å². The summed E-state index contributed by atoms with van der Waals surface area (Å²) in [6, 6.07) is 1.95. The molecule has 3 nitrogen and oxygen atoms in total. The van der Waals surface area contributed by atoms with Crippen LogP contribution in [0.25, 0.3) is 5.78 Å². The second-order valence-electron chi connectivity index (χ2n) is 4.48. The maximum absolute atomic E-state index is 4.59. The molecule has 0 fully saturated rings. The standard InChI is InChI=1S/C12H17N3/c1-8(2)10-11(9(3)4)15-7-5-6-13-12(15)14-10/h5-9H,1-4H3. The minimum Gasteiger partial charge on any atom is -0.288 e. The molecule has 3 heteroatoms. The molecule has 0 saturated carbocycles. The molecule has 0 aliphatic carbocycles. The lowest BCUT2D eigenvalue weighted by Gasteiger charge is -2.09. The van der Waals surface area contributed by atoms with Gasteiger partial charge < -0.3 is 0 Å². The SMILES string of the molecule is CC(C)c1nc2ncccn2c1C(C)C. The molecule has 2 aromatic heterocycles. The summed E-state index contributed by atoms with van der Waals surface area (Å²) in [7, 11) is 0. The van der Waals surface area contributed by atoms with Crippen molar-refractivity contribution in [2.24, 2.45) is 0 Å². The maximum atomic E-state index is 4.59. The summed E-state index contributed by atoms with van der Waals surface area (Å²) in [5, 5.41) is 0. The number of hydrogen-bond donors (Lipinski definition) is 0. The summed E-state index contributed by atoms with van der Waals surface area (Å²) < 4.78 is 2.10. The van der Waals surface area contributed by atoms with E-state index in [2.05, 4.69) is 42.1 Å². The second-order valence-corrected chi connectivity index (χ2v) is 4.48. The Morgan fingerprint density at radius 1 is 1.13 bits per heavy atom. The minimum absolute atomic E-state index is 0.448. The van der Waals surface area contributed by atoms with Crippen LogP contribution in [0.1, 0.15) is 50.9 Å². The Hall–Kier alpha value is -1.38. The first-order valence-corrected chi connectivity index (χ1v) is 5.44. The summed E-state index contributed by atoms with van der Waals surface area (Å²) in [6.07, 6.45) is 3.83. The Morgan fingerprint density at radius 3 is 2.47 bits per heavy atom. The molecule has 0 bridgehead atoms. The molecule has 0 N–H and O–H groups in total. The first kappa shape index (κ1) is 10.1. The number of aromatic nitrogens is 3. The van der Waals surface area contributed by atoms with E-state index in [4.69, 9.17) is 0 Å². The molecule has 0 radical (unpaired) electrons. The molecular weight excluding hydrogens is 186 g/mol. The van der Waals surface area contributed by atoms with Crippen molar-refractivity contribution in [2.45, 2.75) is 39.5 Å². The lowest BCUT2D eigenvalue weighted by atomic mass is 10.0. The van der Waals surface area contributed by atoms with Gasteiger partial charge >= 0.3 is 0 Å². The van der Waals surface area contributed by atoms with Crippen LogP contribution in [-0.4, -0.2) is 14.4 Å². The molecule has 0 saturated heterocycles. The smallest absolute Gasteiger partial charge is 0.234 e. The van der Waals surface area contributed by atoms with Crippen molar-refractivity contribution in [3.63, 3.8) is 0 Å². The number of nitrogens with zero attached hydrogens (tertiary/aromatic N) is 3. The van der Waals surface area contributed by atoms with Gasteiger partial charge in [0, 0.05) is 12.4 Å². The molecular formula is C12H17N3. The summed E-state index contributed by atoms with van der Waals surface area (Å²) in [5.41, 5.74) is 2.46. The van der Waals surface area contributed by atoms with Gasteiger partial charge in [-0.1, -0.05) is 27.7 Å². The summed E-state index contributed by atoms with van der Waals surface area (Å²) in [5.74, 6) is 1.73. The quantitative estimate of drug-likeness (QED) is 0.751. The van der Waals surface area contributed by atoms with Crippen molar-refractivity contribution in [2.75, 3.05) is 0 Å². The number of fused-ring (bicyclic) bond motifs is 1. The van der Waals surface area contributed by atoms with Crippen molar-refractivity contribution >= 4 is 5.78 Å². The molecule has 0 atom stereocenters. The molecule has 15 heavy (non-hydrogen) atoms. The van der Waals surface area contributed by atoms with Gasteiger partial charge in [-0.2, -0.15) is 0 Å². The van der Waals surface area contributed by atoms with Gasteiger partial charge in [-0.3, -0.25) is 4.40 Å². The minimum atomic E-state index is 0.448. The van der Waals surface area contributed by atoms with E-state index in [1.54, 1.807) is 6.20 Å². The molecule has 0 aliphatic rings. The van der Waals surface area contributed by atoms with Gasteiger partial charge in [0.25, 0.3) is 0 Å². The van der Waals surface area contributed by atoms with E-state index in [1.165, 1.54) is 11.4 Å². The largest absolute Gasteiger partial charge is 0.288 e. The van der Waals surface area contributed by atoms with Crippen LogP contribution < -0.4 is 0 Å². The number of hydrogen-bond acceptors (Lipinski definition) is 2. The third-order valence-electron chi connectivity index (χ3n) is 2.56. The molecule has 80 valence electrons. The number of imidazole rings is 1. The van der Waals surface area contributed by atoms with Crippen molar-refractivity contribution in [1.29, 1.82) is 0 Å². The Bertz CT molecular complexity index is 469. The Balaban J connectivity index is 2.75. The van der Waals surface area contributed by atoms with E-state index >= 15 is 0 Å². The van der Waals surface area contributed by atoms with Gasteiger partial charge in [-0.05, 0) is 17.9 Å². The third kappa shape index (κ3) is 1.62. The van der Waals surface area contributed by atoms with Crippen molar-refractivity contribution in [1.82, 2.24) is 14.4 Å². The second kappa shape index (κ2) is 3.65. The van der Waals surface area contributed by atoms with E-state index in [9.17, 15) is 0 Å². The summed E-state index contributed by atoms with van der Waals surface area (Å²) >= 11 is 0. The van der Waals surface area contributed by atoms with Crippen LogP contribution in [0, 0.1) is 0 Å². The summed E-state index contributed by atoms with van der Waals surface area (Å²) in [4.78, 5) is 8.86. The summed E-state index contributed by atoms with van der Waals surface area (Å²) in [6.45, 7) is 8.74. The fourth-order valence-corrected chi connectivity index (χ4v) is 1.92. The van der Waals surface area contributed by atoms with Gasteiger partial charge in [0.2, 0.25) is 5.78 Å². The highest BCUT2D eigenvalue weighted by Crippen LogP contribution is 2.25. The van der Waals surface area contributed by atoms with Gasteiger partial charge in [0.15, 0.2) is 0 Å². The van der Waals surface area contributed by atoms with Crippen LogP contribution in [0.3, 0.4) is 0 Å². The van der Waals surface area contributed by atoms with Gasteiger partial charge in [0.1, 0.15) is 0 Å².